The van der Waals surface area contributed by atoms with Gasteiger partial charge in [0, 0.05) is 13.2 Å². The van der Waals surface area contributed by atoms with E-state index in [2.05, 4.69) is 26.9 Å². The summed E-state index contributed by atoms with van der Waals surface area (Å²) in [6, 6.07) is 0. The number of unbranched alkanes of at least 4 members (excludes halogenated alkanes) is 15. The highest BCUT2D eigenvalue weighted by atomic mass is 28.4. The maximum absolute atomic E-state index is 6.08. The van der Waals surface area contributed by atoms with Gasteiger partial charge in [-0.05, 0) is 25.9 Å². The van der Waals surface area contributed by atoms with Gasteiger partial charge in [0.15, 0.2) is 0 Å². The molecule has 0 amide bonds. The molecule has 0 rings (SSSR count). The molecule has 0 bridgehead atoms. The minimum Gasteiger partial charge on any atom is -0.395 e. The molecule has 0 heterocycles. The lowest BCUT2D eigenvalue weighted by Crippen LogP contribution is -2.35. The standard InChI is InChI=1S/C23H50O2Si/c1-5-7-9-11-13-14-15-17-19-21-23-25-26(3,4)24-22-20-18-16-12-10-8-6-2/h5-23H2,1-4H3. The lowest BCUT2D eigenvalue weighted by atomic mass is 10.1. The average Bonchev–Trinajstić information content (AvgIpc) is 2.62. The summed E-state index contributed by atoms with van der Waals surface area (Å²) in [7, 11) is -1.88. The van der Waals surface area contributed by atoms with Crippen molar-refractivity contribution in [1.29, 1.82) is 0 Å². The van der Waals surface area contributed by atoms with Gasteiger partial charge in [0.1, 0.15) is 0 Å². The molecule has 0 aromatic heterocycles. The first-order chi connectivity index (χ1) is 12.6. The monoisotopic (exact) mass is 386 g/mol. The lowest BCUT2D eigenvalue weighted by Gasteiger charge is -2.23. The third-order valence-corrected chi connectivity index (χ3v) is 6.94. The van der Waals surface area contributed by atoms with Crippen LogP contribution in [-0.2, 0) is 8.85 Å². The first-order valence-electron chi connectivity index (χ1n) is 11.9. The third-order valence-electron chi connectivity index (χ3n) is 5.15. The molecule has 0 fully saturated rings. The van der Waals surface area contributed by atoms with E-state index in [1.165, 1.54) is 109 Å². The Morgan fingerprint density at radius 1 is 0.423 bits per heavy atom. The predicted octanol–water partition coefficient (Wildman–Crippen LogP) is 8.39. The van der Waals surface area contributed by atoms with Gasteiger partial charge < -0.3 is 8.85 Å². The molecule has 0 atom stereocenters. The van der Waals surface area contributed by atoms with E-state index in [0.717, 1.165) is 13.2 Å². The van der Waals surface area contributed by atoms with Gasteiger partial charge in [0.05, 0.1) is 0 Å². The fourth-order valence-electron chi connectivity index (χ4n) is 3.33. The van der Waals surface area contributed by atoms with E-state index in [-0.39, 0.29) is 0 Å². The van der Waals surface area contributed by atoms with Gasteiger partial charge in [-0.25, -0.2) is 0 Å². The summed E-state index contributed by atoms with van der Waals surface area (Å²) < 4.78 is 12.1. The van der Waals surface area contributed by atoms with Crippen molar-refractivity contribution < 1.29 is 8.85 Å². The van der Waals surface area contributed by atoms with E-state index in [9.17, 15) is 0 Å². The van der Waals surface area contributed by atoms with Gasteiger partial charge in [-0.3, -0.25) is 0 Å². The highest BCUT2D eigenvalue weighted by molar-refractivity contribution is 6.64. The van der Waals surface area contributed by atoms with Crippen LogP contribution in [0.25, 0.3) is 0 Å². The molecule has 0 aromatic rings. The van der Waals surface area contributed by atoms with E-state index < -0.39 is 8.56 Å². The van der Waals surface area contributed by atoms with Crippen LogP contribution in [0.15, 0.2) is 0 Å². The summed E-state index contributed by atoms with van der Waals surface area (Å²) in [5.74, 6) is 0. The molecule has 0 aromatic carbocycles. The van der Waals surface area contributed by atoms with Crippen LogP contribution < -0.4 is 0 Å². The Bertz CT molecular complexity index is 269. The summed E-state index contributed by atoms with van der Waals surface area (Å²) in [6.45, 7) is 10.7. The Kier molecular flexibility index (Phi) is 20.0. The maximum atomic E-state index is 6.08. The fourth-order valence-corrected chi connectivity index (χ4v) is 4.68. The fraction of sp³-hybridized carbons (Fsp3) is 1.00. The summed E-state index contributed by atoms with van der Waals surface area (Å²) in [6.07, 6.45) is 23.2. The Hall–Kier alpha value is 0.137. The van der Waals surface area contributed by atoms with Gasteiger partial charge in [0.25, 0.3) is 0 Å². The van der Waals surface area contributed by atoms with Crippen molar-refractivity contribution in [3.63, 3.8) is 0 Å². The molecule has 158 valence electrons. The highest BCUT2D eigenvalue weighted by Crippen LogP contribution is 2.13. The van der Waals surface area contributed by atoms with Crippen LogP contribution in [0.2, 0.25) is 13.1 Å². The summed E-state index contributed by atoms with van der Waals surface area (Å²) >= 11 is 0. The van der Waals surface area contributed by atoms with Crippen molar-refractivity contribution in [2.75, 3.05) is 13.2 Å². The molecule has 0 saturated heterocycles. The molecule has 0 spiro atoms. The van der Waals surface area contributed by atoms with Crippen LogP contribution in [0.3, 0.4) is 0 Å². The van der Waals surface area contributed by atoms with Crippen LogP contribution >= 0.6 is 0 Å². The van der Waals surface area contributed by atoms with Crippen LogP contribution in [0.4, 0.5) is 0 Å². The zero-order valence-electron chi connectivity index (χ0n) is 18.8. The van der Waals surface area contributed by atoms with Crippen molar-refractivity contribution in [2.24, 2.45) is 0 Å². The molecule has 0 aliphatic heterocycles. The smallest absolute Gasteiger partial charge is 0.331 e. The van der Waals surface area contributed by atoms with Crippen LogP contribution in [0, 0.1) is 0 Å². The Labute approximate surface area is 167 Å². The number of hydrogen-bond donors (Lipinski definition) is 0. The topological polar surface area (TPSA) is 18.5 Å². The Morgan fingerprint density at radius 3 is 1.00 bits per heavy atom. The first kappa shape index (κ1) is 26.1. The molecule has 26 heavy (non-hydrogen) atoms. The van der Waals surface area contributed by atoms with Crippen molar-refractivity contribution in [1.82, 2.24) is 0 Å². The van der Waals surface area contributed by atoms with E-state index in [1.54, 1.807) is 0 Å². The summed E-state index contributed by atoms with van der Waals surface area (Å²) in [4.78, 5) is 0. The molecule has 3 heteroatoms. The first-order valence-corrected chi connectivity index (χ1v) is 14.7. The maximum Gasteiger partial charge on any atom is 0.331 e. The summed E-state index contributed by atoms with van der Waals surface area (Å²) in [5, 5.41) is 0. The van der Waals surface area contributed by atoms with E-state index in [4.69, 9.17) is 8.85 Å². The second kappa shape index (κ2) is 19.9. The van der Waals surface area contributed by atoms with Crippen molar-refractivity contribution in [3.8, 4) is 0 Å². The van der Waals surface area contributed by atoms with Crippen LogP contribution in [0.5, 0.6) is 0 Å². The molecule has 2 nitrogen and oxygen atoms in total. The van der Waals surface area contributed by atoms with Gasteiger partial charge in [-0.2, -0.15) is 0 Å². The normalized spacial score (nSPS) is 12.0. The zero-order chi connectivity index (χ0) is 19.3. The average molecular weight is 387 g/mol. The highest BCUT2D eigenvalue weighted by Gasteiger charge is 2.23. The van der Waals surface area contributed by atoms with Gasteiger partial charge >= 0.3 is 8.56 Å². The third kappa shape index (κ3) is 20.4. The quantitative estimate of drug-likeness (QED) is 0.146. The Morgan fingerprint density at radius 2 is 0.692 bits per heavy atom. The van der Waals surface area contributed by atoms with Crippen LogP contribution in [0.1, 0.15) is 123 Å². The van der Waals surface area contributed by atoms with E-state index >= 15 is 0 Å². The SMILES string of the molecule is CCCCCCCCCCCCO[Si](C)(C)OCCCCCCCCC. The lowest BCUT2D eigenvalue weighted by molar-refractivity contribution is 0.172. The van der Waals surface area contributed by atoms with Crippen LogP contribution in [-0.4, -0.2) is 21.8 Å². The van der Waals surface area contributed by atoms with Crippen molar-refractivity contribution in [3.05, 3.63) is 0 Å². The zero-order valence-corrected chi connectivity index (χ0v) is 19.8. The second-order valence-electron chi connectivity index (χ2n) is 8.40. The van der Waals surface area contributed by atoms with Gasteiger partial charge in [-0.15, -0.1) is 0 Å². The summed E-state index contributed by atoms with van der Waals surface area (Å²) in [5.41, 5.74) is 0. The predicted molar refractivity (Wildman–Crippen MR) is 119 cm³/mol. The molecular weight excluding hydrogens is 336 g/mol. The van der Waals surface area contributed by atoms with E-state index in [1.807, 2.05) is 0 Å². The number of hydrogen-bond acceptors (Lipinski definition) is 2. The molecular formula is C23H50O2Si. The van der Waals surface area contributed by atoms with Gasteiger partial charge in [0.2, 0.25) is 0 Å². The molecule has 0 radical (unpaired) electrons. The molecule has 0 unspecified atom stereocenters. The second-order valence-corrected chi connectivity index (χ2v) is 11.8. The van der Waals surface area contributed by atoms with Crippen molar-refractivity contribution >= 4 is 8.56 Å². The largest absolute Gasteiger partial charge is 0.395 e. The van der Waals surface area contributed by atoms with Crippen molar-refractivity contribution in [2.45, 2.75) is 136 Å². The van der Waals surface area contributed by atoms with E-state index in [0.29, 0.717) is 0 Å². The molecule has 0 aliphatic rings. The number of rotatable bonds is 21. The minimum absolute atomic E-state index is 0.894. The van der Waals surface area contributed by atoms with Gasteiger partial charge in [-0.1, -0.05) is 110 Å². The molecule has 0 aliphatic carbocycles. The minimum atomic E-state index is -1.88. The Balaban J connectivity index is 3.31. The molecule has 0 N–H and O–H groups in total. The molecule has 0 saturated carbocycles.